The molecule has 2 aromatic heterocycles. The summed E-state index contributed by atoms with van der Waals surface area (Å²) in [7, 11) is 0. The lowest BCUT2D eigenvalue weighted by atomic mass is 9.96. The summed E-state index contributed by atoms with van der Waals surface area (Å²) in [5, 5.41) is 13.9. The van der Waals surface area contributed by atoms with Gasteiger partial charge in [0.25, 0.3) is 0 Å². The van der Waals surface area contributed by atoms with Crippen molar-refractivity contribution in [3.63, 3.8) is 0 Å². The molecule has 4 aromatic carbocycles. The Morgan fingerprint density at radius 1 is 0.811 bits per heavy atom. The number of pyridine rings is 1. The largest absolute Gasteiger partial charge is 0.405 e. The number of hydrogen-bond donors (Lipinski definition) is 1. The highest BCUT2D eigenvalue weighted by Crippen LogP contribution is 2.41. The standard InChI is InChI=1S/C33H24N4/c34-20-9-10-23(19-21-35)29-16-8-17-30(36-29)28-22-32-33(26-14-5-4-13-25(26)28)27-15-6-7-18-31(27)37(32)24-11-2-1-3-12-24/h1-8,10-19,21-22H,9,35H2/b21-19-,23-10+. The Labute approximate surface area is 215 Å². The second-order valence-corrected chi connectivity index (χ2v) is 8.84. The van der Waals surface area contributed by atoms with Crippen molar-refractivity contribution in [3.8, 4) is 23.0 Å². The Balaban J connectivity index is 1.69. The lowest BCUT2D eigenvalue weighted by Gasteiger charge is -2.12. The van der Waals surface area contributed by atoms with Gasteiger partial charge in [-0.3, -0.25) is 0 Å². The van der Waals surface area contributed by atoms with Crippen molar-refractivity contribution in [1.29, 1.82) is 5.26 Å². The fourth-order valence-electron chi connectivity index (χ4n) is 5.16. The fraction of sp³-hybridized carbons (Fsp3) is 0.0303. The van der Waals surface area contributed by atoms with Crippen LogP contribution in [0.3, 0.4) is 0 Å². The smallest absolute Gasteiger partial charge is 0.0716 e. The zero-order valence-corrected chi connectivity index (χ0v) is 20.2. The molecule has 37 heavy (non-hydrogen) atoms. The van der Waals surface area contributed by atoms with E-state index in [9.17, 15) is 0 Å². The average Bonchev–Trinajstić information content (AvgIpc) is 3.30. The van der Waals surface area contributed by atoms with Gasteiger partial charge in [0.15, 0.2) is 0 Å². The molecule has 0 aliphatic rings. The van der Waals surface area contributed by atoms with Gasteiger partial charge in [-0.15, -0.1) is 0 Å². The molecule has 0 bridgehead atoms. The summed E-state index contributed by atoms with van der Waals surface area (Å²) in [4.78, 5) is 5.03. The van der Waals surface area contributed by atoms with Crippen LogP contribution in [0.5, 0.6) is 0 Å². The van der Waals surface area contributed by atoms with Gasteiger partial charge in [0.05, 0.1) is 34.9 Å². The topological polar surface area (TPSA) is 67.6 Å². The van der Waals surface area contributed by atoms with E-state index in [4.69, 9.17) is 16.0 Å². The summed E-state index contributed by atoms with van der Waals surface area (Å²) in [6.45, 7) is 0. The van der Waals surface area contributed by atoms with Crippen LogP contribution in [-0.4, -0.2) is 9.55 Å². The fourth-order valence-corrected chi connectivity index (χ4v) is 5.16. The quantitative estimate of drug-likeness (QED) is 0.258. The molecule has 0 fully saturated rings. The minimum absolute atomic E-state index is 0.289. The molecule has 2 heterocycles. The molecule has 0 aliphatic heterocycles. The first-order valence-corrected chi connectivity index (χ1v) is 12.2. The van der Waals surface area contributed by atoms with E-state index in [-0.39, 0.29) is 6.42 Å². The van der Waals surface area contributed by atoms with Gasteiger partial charge in [0.2, 0.25) is 0 Å². The van der Waals surface area contributed by atoms with Gasteiger partial charge in [-0.1, -0.05) is 72.8 Å². The Hall–Kier alpha value is -5.14. The number of nitriles is 1. The maximum Gasteiger partial charge on any atom is 0.0716 e. The molecule has 0 saturated heterocycles. The molecule has 4 heteroatoms. The monoisotopic (exact) mass is 476 g/mol. The van der Waals surface area contributed by atoms with E-state index in [0.717, 1.165) is 39.1 Å². The number of hydrogen-bond acceptors (Lipinski definition) is 3. The zero-order valence-electron chi connectivity index (χ0n) is 20.2. The summed E-state index contributed by atoms with van der Waals surface area (Å²) in [6, 6.07) is 38.0. The third kappa shape index (κ3) is 3.84. The summed E-state index contributed by atoms with van der Waals surface area (Å²) < 4.78 is 2.33. The molecule has 0 aliphatic carbocycles. The number of benzene rings is 4. The first kappa shape index (κ1) is 22.3. The number of allylic oxidation sites excluding steroid dienone is 3. The van der Waals surface area contributed by atoms with E-state index in [2.05, 4.69) is 89.5 Å². The second kappa shape index (κ2) is 9.49. The number of aromatic nitrogens is 2. The van der Waals surface area contributed by atoms with E-state index in [1.807, 2.05) is 30.3 Å². The number of rotatable bonds is 5. The molecule has 0 radical (unpaired) electrons. The van der Waals surface area contributed by atoms with Crippen LogP contribution in [0.15, 0.2) is 121 Å². The van der Waals surface area contributed by atoms with Crippen molar-refractivity contribution in [2.75, 3.05) is 0 Å². The molecule has 0 saturated carbocycles. The van der Waals surface area contributed by atoms with Crippen molar-refractivity contribution in [2.45, 2.75) is 6.42 Å². The molecule has 6 rings (SSSR count). The molecule has 2 N–H and O–H groups in total. The van der Waals surface area contributed by atoms with E-state index in [0.29, 0.717) is 0 Å². The highest BCUT2D eigenvalue weighted by molar-refractivity contribution is 6.24. The van der Waals surface area contributed by atoms with E-state index in [1.165, 1.54) is 27.9 Å². The van der Waals surface area contributed by atoms with Gasteiger partial charge in [-0.05, 0) is 65.0 Å². The maximum absolute atomic E-state index is 9.09. The lowest BCUT2D eigenvalue weighted by Crippen LogP contribution is -1.95. The van der Waals surface area contributed by atoms with Crippen molar-refractivity contribution in [3.05, 3.63) is 127 Å². The summed E-state index contributed by atoms with van der Waals surface area (Å²) in [5.41, 5.74) is 12.7. The van der Waals surface area contributed by atoms with Crippen LogP contribution >= 0.6 is 0 Å². The molecule has 0 amide bonds. The summed E-state index contributed by atoms with van der Waals surface area (Å²) in [5.74, 6) is 0. The number of nitrogens with zero attached hydrogens (tertiary/aromatic N) is 3. The number of fused-ring (bicyclic) bond motifs is 5. The maximum atomic E-state index is 9.09. The zero-order chi connectivity index (χ0) is 25.2. The molecule has 6 aromatic rings. The third-order valence-corrected chi connectivity index (χ3v) is 6.70. The van der Waals surface area contributed by atoms with Crippen LogP contribution < -0.4 is 5.73 Å². The first-order chi connectivity index (χ1) is 18.3. The van der Waals surface area contributed by atoms with Crippen LogP contribution in [0, 0.1) is 11.3 Å². The van der Waals surface area contributed by atoms with Crippen LogP contribution in [-0.2, 0) is 0 Å². The normalized spacial score (nSPS) is 12.0. The van der Waals surface area contributed by atoms with E-state index < -0.39 is 0 Å². The van der Waals surface area contributed by atoms with E-state index in [1.54, 1.807) is 6.08 Å². The van der Waals surface area contributed by atoms with Crippen molar-refractivity contribution >= 4 is 38.2 Å². The minimum atomic E-state index is 0.289. The second-order valence-electron chi connectivity index (χ2n) is 8.84. The van der Waals surface area contributed by atoms with Crippen LogP contribution in [0.25, 0.3) is 55.1 Å². The van der Waals surface area contributed by atoms with E-state index >= 15 is 0 Å². The molecule has 0 atom stereocenters. The van der Waals surface area contributed by atoms with Crippen molar-refractivity contribution in [2.24, 2.45) is 5.73 Å². The third-order valence-electron chi connectivity index (χ3n) is 6.70. The van der Waals surface area contributed by atoms with Crippen LogP contribution in [0.2, 0.25) is 0 Å². The Bertz CT molecular complexity index is 1870. The number of para-hydroxylation sites is 2. The summed E-state index contributed by atoms with van der Waals surface area (Å²) in [6.07, 6.45) is 5.41. The van der Waals surface area contributed by atoms with Gasteiger partial charge in [0, 0.05) is 22.0 Å². The average molecular weight is 477 g/mol. The van der Waals surface area contributed by atoms with Gasteiger partial charge in [-0.2, -0.15) is 5.26 Å². The van der Waals surface area contributed by atoms with Crippen molar-refractivity contribution < 1.29 is 0 Å². The molecular weight excluding hydrogens is 452 g/mol. The van der Waals surface area contributed by atoms with Gasteiger partial charge in [-0.25, -0.2) is 4.98 Å². The minimum Gasteiger partial charge on any atom is -0.405 e. The molecule has 176 valence electrons. The predicted octanol–water partition coefficient (Wildman–Crippen LogP) is 7.77. The van der Waals surface area contributed by atoms with Gasteiger partial charge >= 0.3 is 0 Å². The predicted molar refractivity (Wildman–Crippen MR) is 153 cm³/mol. The van der Waals surface area contributed by atoms with Crippen LogP contribution in [0.1, 0.15) is 12.1 Å². The lowest BCUT2D eigenvalue weighted by molar-refractivity contribution is 1.18. The SMILES string of the molecule is N#CC/C=C(\C=C/N)c1cccc(-c2cc3c(c4ccccc24)c2ccccc2n3-c2ccccc2)n1. The van der Waals surface area contributed by atoms with Gasteiger partial charge < -0.3 is 10.3 Å². The molecule has 0 spiro atoms. The Kier molecular flexibility index (Phi) is 5.72. The molecule has 0 unspecified atom stereocenters. The first-order valence-electron chi connectivity index (χ1n) is 12.2. The Morgan fingerprint density at radius 2 is 1.54 bits per heavy atom. The number of nitrogens with two attached hydrogens (primary N) is 1. The highest BCUT2D eigenvalue weighted by atomic mass is 15.0. The van der Waals surface area contributed by atoms with Gasteiger partial charge in [0.1, 0.15) is 0 Å². The van der Waals surface area contributed by atoms with Crippen molar-refractivity contribution in [1.82, 2.24) is 9.55 Å². The Morgan fingerprint density at radius 3 is 2.32 bits per heavy atom. The molecule has 4 nitrogen and oxygen atoms in total. The summed E-state index contributed by atoms with van der Waals surface area (Å²) >= 11 is 0. The molecular formula is C33H24N4. The highest BCUT2D eigenvalue weighted by Gasteiger charge is 2.18. The van der Waals surface area contributed by atoms with Crippen LogP contribution in [0.4, 0.5) is 0 Å².